The Labute approximate surface area is 162 Å². The summed E-state index contributed by atoms with van der Waals surface area (Å²) < 4.78 is 18.4. The van der Waals surface area contributed by atoms with E-state index in [-0.39, 0.29) is 29.8 Å². The topological polar surface area (TPSA) is 75.3 Å². The third-order valence-corrected chi connectivity index (χ3v) is 3.71. The lowest BCUT2D eigenvalue weighted by Crippen LogP contribution is -2.36. The molecule has 0 saturated heterocycles. The maximum atomic E-state index is 13.4. The summed E-state index contributed by atoms with van der Waals surface area (Å²) >= 11 is 1.66. The second-order valence-corrected chi connectivity index (χ2v) is 5.73. The second kappa shape index (κ2) is 10.5. The number of guanidine groups is 1. The minimum absolute atomic E-state index is 0. The highest BCUT2D eigenvalue weighted by Gasteiger charge is 2.07. The van der Waals surface area contributed by atoms with Gasteiger partial charge in [-0.25, -0.2) is 4.39 Å². The molecule has 9 heteroatoms. The molecule has 2 rings (SSSR count). The molecule has 1 heterocycles. The molecule has 6 nitrogen and oxygen atoms in total. The van der Waals surface area contributed by atoms with Gasteiger partial charge in [-0.2, -0.15) is 16.7 Å². The number of aryl methyl sites for hydroxylation is 1. The van der Waals surface area contributed by atoms with Gasteiger partial charge in [-0.05, 0) is 36.4 Å². The molecule has 0 amide bonds. The van der Waals surface area contributed by atoms with Crippen molar-refractivity contribution in [1.29, 1.82) is 0 Å². The first-order valence-electron chi connectivity index (χ1n) is 7.12. The number of rotatable bonds is 6. The number of hydrogen-bond acceptors (Lipinski definition) is 5. The summed E-state index contributed by atoms with van der Waals surface area (Å²) in [5.74, 6) is 2.25. The fourth-order valence-corrected chi connectivity index (χ4v) is 2.61. The molecule has 0 unspecified atom stereocenters. The zero-order chi connectivity index (χ0) is 16.7. The average molecular weight is 465 g/mol. The Balaban J connectivity index is 0.00000288. The lowest BCUT2D eigenvalue weighted by Gasteiger charge is -2.13. The number of halogens is 2. The molecule has 132 valence electrons. The van der Waals surface area contributed by atoms with Crippen LogP contribution in [0, 0.1) is 12.7 Å². The van der Waals surface area contributed by atoms with Crippen molar-refractivity contribution in [3.05, 3.63) is 46.9 Å². The van der Waals surface area contributed by atoms with Crippen LogP contribution < -0.4 is 10.6 Å². The Hall–Kier alpha value is -1.36. The minimum Gasteiger partial charge on any atom is -0.352 e. The smallest absolute Gasteiger partial charge is 0.246 e. The van der Waals surface area contributed by atoms with Gasteiger partial charge in [-0.1, -0.05) is 11.2 Å². The average Bonchev–Trinajstić information content (AvgIpc) is 2.95. The number of thioether (sulfide) groups is 1. The fraction of sp³-hybridized carbons (Fsp3) is 0.400. The SMILES string of the molecule is CN=C(NCc1nc(C)no1)NCc1ccc(F)cc1CSC.I. The van der Waals surface area contributed by atoms with Crippen LogP contribution in [0.25, 0.3) is 0 Å². The third kappa shape index (κ3) is 6.27. The molecule has 0 aliphatic heterocycles. The van der Waals surface area contributed by atoms with Gasteiger partial charge in [-0.3, -0.25) is 4.99 Å². The Kier molecular flexibility index (Phi) is 9.04. The van der Waals surface area contributed by atoms with Crippen molar-refractivity contribution in [3.63, 3.8) is 0 Å². The van der Waals surface area contributed by atoms with Gasteiger partial charge in [0.1, 0.15) is 5.82 Å². The van der Waals surface area contributed by atoms with E-state index >= 15 is 0 Å². The Morgan fingerprint density at radius 2 is 2.04 bits per heavy atom. The zero-order valence-corrected chi connectivity index (χ0v) is 16.9. The van der Waals surface area contributed by atoms with Crippen molar-refractivity contribution < 1.29 is 8.91 Å². The number of nitrogens with one attached hydrogen (secondary N) is 2. The van der Waals surface area contributed by atoms with E-state index in [1.54, 1.807) is 37.9 Å². The molecule has 24 heavy (non-hydrogen) atoms. The zero-order valence-electron chi connectivity index (χ0n) is 13.8. The van der Waals surface area contributed by atoms with Gasteiger partial charge in [0.2, 0.25) is 5.89 Å². The van der Waals surface area contributed by atoms with Gasteiger partial charge in [0.25, 0.3) is 0 Å². The first-order chi connectivity index (χ1) is 11.1. The van der Waals surface area contributed by atoms with Crippen molar-refractivity contribution in [2.75, 3.05) is 13.3 Å². The lowest BCUT2D eigenvalue weighted by molar-refractivity contribution is 0.371. The van der Waals surface area contributed by atoms with Crippen molar-refractivity contribution >= 4 is 41.7 Å². The van der Waals surface area contributed by atoms with E-state index in [1.807, 2.05) is 6.26 Å². The van der Waals surface area contributed by atoms with E-state index in [0.29, 0.717) is 30.8 Å². The highest BCUT2D eigenvalue weighted by atomic mass is 127. The largest absolute Gasteiger partial charge is 0.352 e. The fourth-order valence-electron chi connectivity index (χ4n) is 2.03. The number of hydrogen-bond donors (Lipinski definition) is 2. The van der Waals surface area contributed by atoms with Crippen LogP contribution in [0.1, 0.15) is 22.8 Å². The summed E-state index contributed by atoms with van der Waals surface area (Å²) in [5.41, 5.74) is 2.02. The number of aliphatic imine (C=N–C) groups is 1. The molecule has 0 aliphatic carbocycles. The maximum Gasteiger partial charge on any atom is 0.246 e. The summed E-state index contributed by atoms with van der Waals surface area (Å²) in [6, 6.07) is 4.84. The summed E-state index contributed by atoms with van der Waals surface area (Å²) in [7, 11) is 1.68. The molecule has 0 saturated carbocycles. The van der Waals surface area contributed by atoms with Gasteiger partial charge < -0.3 is 15.2 Å². The normalized spacial score (nSPS) is 11.1. The molecule has 0 fully saturated rings. The Morgan fingerprint density at radius 3 is 2.67 bits per heavy atom. The van der Waals surface area contributed by atoms with Crippen LogP contribution in [0.15, 0.2) is 27.7 Å². The summed E-state index contributed by atoms with van der Waals surface area (Å²) in [6.07, 6.45) is 2.00. The van der Waals surface area contributed by atoms with Crippen LogP contribution >= 0.6 is 35.7 Å². The molecule has 0 radical (unpaired) electrons. The first-order valence-corrected chi connectivity index (χ1v) is 8.51. The van der Waals surface area contributed by atoms with Crippen LogP contribution in [0.5, 0.6) is 0 Å². The van der Waals surface area contributed by atoms with E-state index in [4.69, 9.17) is 4.52 Å². The highest BCUT2D eigenvalue weighted by molar-refractivity contribution is 14.0. The number of nitrogens with zero attached hydrogens (tertiary/aromatic N) is 3. The molecule has 0 spiro atoms. The molecule has 0 aliphatic rings. The first kappa shape index (κ1) is 20.7. The summed E-state index contributed by atoms with van der Waals surface area (Å²) in [4.78, 5) is 8.26. The molecule has 2 aromatic rings. The van der Waals surface area contributed by atoms with E-state index < -0.39 is 0 Å². The molecule has 2 N–H and O–H groups in total. The molecule has 1 aromatic carbocycles. The van der Waals surface area contributed by atoms with Gasteiger partial charge in [-0.15, -0.1) is 24.0 Å². The summed E-state index contributed by atoms with van der Waals surface area (Å²) in [5, 5.41) is 10.0. The van der Waals surface area contributed by atoms with Gasteiger partial charge in [0.15, 0.2) is 11.8 Å². The van der Waals surface area contributed by atoms with Crippen LogP contribution in [-0.4, -0.2) is 29.4 Å². The van der Waals surface area contributed by atoms with Crippen molar-refractivity contribution in [1.82, 2.24) is 20.8 Å². The van der Waals surface area contributed by atoms with Crippen LogP contribution in [0.3, 0.4) is 0 Å². The quantitative estimate of drug-likeness (QED) is 0.388. The number of benzene rings is 1. The van der Waals surface area contributed by atoms with Crippen molar-refractivity contribution in [3.8, 4) is 0 Å². The van der Waals surface area contributed by atoms with E-state index in [0.717, 1.165) is 16.9 Å². The standard InChI is InChI=1S/C15H20FN5OS.HI/c1-10-20-14(22-21-10)8-19-15(17-2)18-7-11-4-5-13(16)6-12(11)9-23-3;/h4-6H,7-9H2,1-3H3,(H2,17,18,19);1H. The van der Waals surface area contributed by atoms with E-state index in [2.05, 4.69) is 25.8 Å². The third-order valence-electron chi connectivity index (χ3n) is 3.11. The maximum absolute atomic E-state index is 13.4. The molecular formula is C15H21FIN5OS. The number of aromatic nitrogens is 2. The van der Waals surface area contributed by atoms with Crippen molar-refractivity contribution in [2.45, 2.75) is 25.8 Å². The van der Waals surface area contributed by atoms with Crippen LogP contribution in [0.2, 0.25) is 0 Å². The molecule has 0 bridgehead atoms. The molecule has 0 atom stereocenters. The molecule has 1 aromatic heterocycles. The predicted octanol–water partition coefficient (Wildman–Crippen LogP) is 2.86. The van der Waals surface area contributed by atoms with E-state index in [9.17, 15) is 4.39 Å². The summed E-state index contributed by atoms with van der Waals surface area (Å²) in [6.45, 7) is 2.71. The van der Waals surface area contributed by atoms with Crippen LogP contribution in [-0.2, 0) is 18.8 Å². The van der Waals surface area contributed by atoms with Crippen LogP contribution in [0.4, 0.5) is 4.39 Å². The highest BCUT2D eigenvalue weighted by Crippen LogP contribution is 2.16. The Morgan fingerprint density at radius 1 is 1.29 bits per heavy atom. The van der Waals surface area contributed by atoms with Gasteiger partial charge in [0.05, 0.1) is 6.54 Å². The van der Waals surface area contributed by atoms with Gasteiger partial charge >= 0.3 is 0 Å². The lowest BCUT2D eigenvalue weighted by atomic mass is 10.1. The Bertz CT molecular complexity index is 680. The minimum atomic E-state index is -0.216. The molecular weight excluding hydrogens is 444 g/mol. The van der Waals surface area contributed by atoms with Crippen molar-refractivity contribution in [2.24, 2.45) is 4.99 Å². The van der Waals surface area contributed by atoms with Gasteiger partial charge in [0, 0.05) is 19.3 Å². The monoisotopic (exact) mass is 465 g/mol. The van der Waals surface area contributed by atoms with E-state index in [1.165, 1.54) is 6.07 Å². The second-order valence-electron chi connectivity index (χ2n) is 4.86. The predicted molar refractivity (Wildman–Crippen MR) is 105 cm³/mol.